The van der Waals surface area contributed by atoms with Crippen molar-refractivity contribution in [2.24, 2.45) is 0 Å². The molecule has 0 saturated carbocycles. The van der Waals surface area contributed by atoms with Crippen LogP contribution in [-0.4, -0.2) is 32.4 Å². The van der Waals surface area contributed by atoms with Crippen LogP contribution in [-0.2, 0) is 16.6 Å². The molecule has 0 aromatic heterocycles. The van der Waals surface area contributed by atoms with Gasteiger partial charge in [-0.2, -0.15) is 4.31 Å². The normalized spacial score (nSPS) is 21.1. The van der Waals surface area contributed by atoms with Crippen molar-refractivity contribution in [3.8, 4) is 0 Å². The lowest BCUT2D eigenvalue weighted by molar-refractivity contribution is 0.268. The van der Waals surface area contributed by atoms with E-state index >= 15 is 0 Å². The van der Waals surface area contributed by atoms with Gasteiger partial charge in [0.25, 0.3) is 0 Å². The average Bonchev–Trinajstić information content (AvgIpc) is 2.41. The molecule has 1 aliphatic heterocycles. The van der Waals surface area contributed by atoms with Crippen molar-refractivity contribution in [3.05, 3.63) is 29.3 Å². The largest absolute Gasteiger partial charge is 0.316 e. The SMILES string of the molecule is CNCc1ccc(C)c(S(=O)(=O)N2CCCCC2C)c1. The summed E-state index contributed by atoms with van der Waals surface area (Å²) in [6.45, 7) is 5.19. The Labute approximate surface area is 122 Å². The van der Waals surface area contributed by atoms with E-state index < -0.39 is 10.0 Å². The van der Waals surface area contributed by atoms with E-state index in [4.69, 9.17) is 0 Å². The van der Waals surface area contributed by atoms with E-state index in [1.165, 1.54) is 0 Å². The zero-order chi connectivity index (χ0) is 14.8. The summed E-state index contributed by atoms with van der Waals surface area (Å²) in [5.41, 5.74) is 1.82. The van der Waals surface area contributed by atoms with Crippen molar-refractivity contribution >= 4 is 10.0 Å². The van der Waals surface area contributed by atoms with Gasteiger partial charge in [-0.25, -0.2) is 8.42 Å². The van der Waals surface area contributed by atoms with Gasteiger partial charge in [-0.1, -0.05) is 18.6 Å². The first kappa shape index (κ1) is 15.5. The number of piperidine rings is 1. The predicted molar refractivity (Wildman–Crippen MR) is 81.1 cm³/mol. The van der Waals surface area contributed by atoms with Crippen molar-refractivity contribution < 1.29 is 8.42 Å². The first-order valence-electron chi connectivity index (χ1n) is 7.23. The Morgan fingerprint density at radius 2 is 2.10 bits per heavy atom. The van der Waals surface area contributed by atoms with Crippen LogP contribution < -0.4 is 5.32 Å². The van der Waals surface area contributed by atoms with Crippen molar-refractivity contribution in [1.29, 1.82) is 0 Å². The molecule has 1 aromatic rings. The summed E-state index contributed by atoms with van der Waals surface area (Å²) in [6.07, 6.45) is 3.03. The molecule has 5 heteroatoms. The number of nitrogens with one attached hydrogen (secondary N) is 1. The lowest BCUT2D eigenvalue weighted by atomic mass is 10.1. The molecule has 0 amide bonds. The molecule has 1 aromatic carbocycles. The first-order valence-corrected chi connectivity index (χ1v) is 8.67. The van der Waals surface area contributed by atoms with E-state index in [9.17, 15) is 8.42 Å². The second-order valence-corrected chi connectivity index (χ2v) is 7.45. The summed E-state index contributed by atoms with van der Waals surface area (Å²) < 4.78 is 27.4. The Balaban J connectivity index is 2.40. The van der Waals surface area contributed by atoms with E-state index in [0.717, 1.165) is 30.4 Å². The second kappa shape index (κ2) is 6.24. The first-order chi connectivity index (χ1) is 9.46. The fourth-order valence-electron chi connectivity index (χ4n) is 2.79. The summed E-state index contributed by atoms with van der Waals surface area (Å²) in [5.74, 6) is 0. The third kappa shape index (κ3) is 3.05. The van der Waals surface area contributed by atoms with Crippen molar-refractivity contribution in [3.63, 3.8) is 0 Å². The van der Waals surface area contributed by atoms with E-state index in [1.54, 1.807) is 4.31 Å². The van der Waals surface area contributed by atoms with Crippen LogP contribution in [0.2, 0.25) is 0 Å². The predicted octanol–water partition coefficient (Wildman–Crippen LogP) is 2.28. The van der Waals surface area contributed by atoms with Crippen LogP contribution in [0.4, 0.5) is 0 Å². The number of hydrogen-bond donors (Lipinski definition) is 1. The molecule has 0 spiro atoms. The quantitative estimate of drug-likeness (QED) is 0.927. The Bertz CT molecular complexity index is 569. The Morgan fingerprint density at radius 3 is 2.75 bits per heavy atom. The van der Waals surface area contributed by atoms with E-state index in [2.05, 4.69) is 5.32 Å². The number of rotatable bonds is 4. The topological polar surface area (TPSA) is 49.4 Å². The fraction of sp³-hybridized carbons (Fsp3) is 0.600. The highest BCUT2D eigenvalue weighted by Crippen LogP contribution is 2.27. The van der Waals surface area contributed by atoms with Gasteiger partial charge in [-0.3, -0.25) is 0 Å². The molecule has 4 nitrogen and oxygen atoms in total. The third-order valence-corrected chi connectivity index (χ3v) is 6.12. The van der Waals surface area contributed by atoms with Crippen molar-refractivity contribution in [2.75, 3.05) is 13.6 Å². The number of nitrogens with zero attached hydrogens (tertiary/aromatic N) is 1. The Hall–Kier alpha value is -0.910. The highest BCUT2D eigenvalue weighted by Gasteiger charge is 2.31. The molecule has 1 N–H and O–H groups in total. The molecule has 0 aliphatic carbocycles. The van der Waals surface area contributed by atoms with Gasteiger partial charge in [0.1, 0.15) is 0 Å². The summed E-state index contributed by atoms with van der Waals surface area (Å²) in [5, 5.41) is 3.06. The molecule has 1 heterocycles. The highest BCUT2D eigenvalue weighted by molar-refractivity contribution is 7.89. The van der Waals surface area contributed by atoms with Crippen LogP contribution in [0.25, 0.3) is 0 Å². The maximum Gasteiger partial charge on any atom is 0.243 e. The molecule has 1 fully saturated rings. The number of hydrogen-bond acceptors (Lipinski definition) is 3. The highest BCUT2D eigenvalue weighted by atomic mass is 32.2. The summed E-state index contributed by atoms with van der Waals surface area (Å²) in [7, 11) is -1.52. The number of benzene rings is 1. The molecular formula is C15H24N2O2S. The third-order valence-electron chi connectivity index (χ3n) is 3.96. The van der Waals surface area contributed by atoms with Gasteiger partial charge in [-0.15, -0.1) is 0 Å². The molecule has 2 rings (SSSR count). The minimum absolute atomic E-state index is 0.0982. The molecule has 1 saturated heterocycles. The van der Waals surface area contributed by atoms with Gasteiger partial charge in [0.2, 0.25) is 10.0 Å². The van der Waals surface area contributed by atoms with Crippen LogP contribution in [0.15, 0.2) is 23.1 Å². The van der Waals surface area contributed by atoms with Gasteiger partial charge in [0.15, 0.2) is 0 Å². The maximum atomic E-state index is 12.9. The summed E-state index contributed by atoms with van der Waals surface area (Å²) in [4.78, 5) is 0.457. The summed E-state index contributed by atoms with van der Waals surface area (Å²) in [6, 6.07) is 5.78. The molecule has 1 aliphatic rings. The summed E-state index contributed by atoms with van der Waals surface area (Å²) >= 11 is 0. The minimum atomic E-state index is -3.38. The molecule has 1 unspecified atom stereocenters. The zero-order valence-corrected chi connectivity index (χ0v) is 13.3. The minimum Gasteiger partial charge on any atom is -0.316 e. The lowest BCUT2D eigenvalue weighted by Crippen LogP contribution is -2.42. The number of aryl methyl sites for hydroxylation is 1. The Morgan fingerprint density at radius 1 is 1.35 bits per heavy atom. The van der Waals surface area contributed by atoms with Crippen LogP contribution in [0.5, 0.6) is 0 Å². The van der Waals surface area contributed by atoms with Gasteiger partial charge >= 0.3 is 0 Å². The van der Waals surface area contributed by atoms with E-state index in [-0.39, 0.29) is 6.04 Å². The van der Waals surface area contributed by atoms with Crippen molar-refractivity contribution in [1.82, 2.24) is 9.62 Å². The molecule has 112 valence electrons. The fourth-order valence-corrected chi connectivity index (χ4v) is 4.77. The molecular weight excluding hydrogens is 272 g/mol. The van der Waals surface area contributed by atoms with Gasteiger partial charge < -0.3 is 5.32 Å². The average molecular weight is 296 g/mol. The van der Waals surface area contributed by atoms with Gasteiger partial charge in [-0.05, 0) is 50.9 Å². The smallest absolute Gasteiger partial charge is 0.243 e. The Kier molecular flexibility index (Phi) is 4.83. The van der Waals surface area contributed by atoms with Gasteiger partial charge in [0.05, 0.1) is 4.90 Å². The molecule has 0 bridgehead atoms. The standard InChI is InChI=1S/C15H24N2O2S/c1-12-7-8-14(11-16-3)10-15(12)20(18,19)17-9-5-4-6-13(17)2/h7-8,10,13,16H,4-6,9,11H2,1-3H3. The van der Waals surface area contributed by atoms with Crippen LogP contribution in [0.3, 0.4) is 0 Å². The zero-order valence-electron chi connectivity index (χ0n) is 12.5. The van der Waals surface area contributed by atoms with E-state index in [0.29, 0.717) is 18.0 Å². The maximum absolute atomic E-state index is 12.9. The molecule has 20 heavy (non-hydrogen) atoms. The number of sulfonamides is 1. The monoisotopic (exact) mass is 296 g/mol. The lowest BCUT2D eigenvalue weighted by Gasteiger charge is -2.32. The van der Waals surface area contributed by atoms with E-state index in [1.807, 2.05) is 39.1 Å². The molecule has 1 atom stereocenters. The second-order valence-electron chi connectivity index (χ2n) is 5.59. The van der Waals surface area contributed by atoms with Gasteiger partial charge in [0, 0.05) is 19.1 Å². The molecule has 0 radical (unpaired) electrons. The van der Waals surface area contributed by atoms with Crippen LogP contribution in [0.1, 0.15) is 37.3 Å². The van der Waals surface area contributed by atoms with Crippen LogP contribution >= 0.6 is 0 Å². The van der Waals surface area contributed by atoms with Crippen LogP contribution in [0, 0.1) is 6.92 Å². The van der Waals surface area contributed by atoms with Crippen molar-refractivity contribution in [2.45, 2.75) is 50.6 Å².